The Labute approximate surface area is 86.1 Å². The van der Waals surface area contributed by atoms with Gasteiger partial charge in [-0.05, 0) is 19.7 Å². The summed E-state index contributed by atoms with van der Waals surface area (Å²) in [5.74, 6) is 0. The van der Waals surface area contributed by atoms with Crippen LogP contribution in [0.25, 0.3) is 0 Å². The second kappa shape index (κ2) is 5.97. The van der Waals surface area contributed by atoms with Crippen molar-refractivity contribution >= 4 is 12.4 Å². The lowest BCUT2D eigenvalue weighted by atomic mass is 10.1. The van der Waals surface area contributed by atoms with Crippen LogP contribution in [0.2, 0.25) is 0 Å². The molecule has 0 aromatic heterocycles. The molecule has 1 unspecified atom stereocenters. The fourth-order valence-corrected chi connectivity index (χ4v) is 1.32. The van der Waals surface area contributed by atoms with E-state index >= 15 is 0 Å². The molecule has 0 aliphatic heterocycles. The molecule has 0 amide bonds. The minimum Gasteiger partial charge on any atom is -0.329 e. The Kier molecular flexibility index (Phi) is 5.71. The van der Waals surface area contributed by atoms with Gasteiger partial charge in [0, 0.05) is 12.6 Å². The lowest BCUT2D eigenvalue weighted by Gasteiger charge is -2.22. The topological polar surface area (TPSA) is 29.3 Å². The van der Waals surface area contributed by atoms with Gasteiger partial charge < -0.3 is 10.6 Å². The van der Waals surface area contributed by atoms with Gasteiger partial charge in [-0.2, -0.15) is 0 Å². The fourth-order valence-electron chi connectivity index (χ4n) is 1.32. The number of hydrogen-bond donors (Lipinski definition) is 1. The largest absolute Gasteiger partial charge is 0.329 e. The van der Waals surface area contributed by atoms with Crippen LogP contribution in [0.1, 0.15) is 11.6 Å². The van der Waals surface area contributed by atoms with Crippen molar-refractivity contribution in [1.82, 2.24) is 4.90 Å². The van der Waals surface area contributed by atoms with Crippen LogP contribution in [0, 0.1) is 0 Å². The van der Waals surface area contributed by atoms with Crippen molar-refractivity contribution in [3.05, 3.63) is 35.9 Å². The fraction of sp³-hybridized carbons (Fsp3) is 0.400. The van der Waals surface area contributed by atoms with E-state index in [-0.39, 0.29) is 12.4 Å². The lowest BCUT2D eigenvalue weighted by Crippen LogP contribution is -2.26. The first-order chi connectivity index (χ1) is 5.75. The number of nitrogens with zero attached hydrogens (tertiary/aromatic N) is 1. The molecule has 0 aliphatic carbocycles. The van der Waals surface area contributed by atoms with Crippen LogP contribution in [0.5, 0.6) is 0 Å². The van der Waals surface area contributed by atoms with Gasteiger partial charge in [-0.3, -0.25) is 0 Å². The maximum Gasteiger partial charge on any atom is 0.0464 e. The zero-order valence-corrected chi connectivity index (χ0v) is 8.92. The Morgan fingerprint density at radius 1 is 1.23 bits per heavy atom. The second-order valence-corrected chi connectivity index (χ2v) is 3.13. The van der Waals surface area contributed by atoms with E-state index in [2.05, 4.69) is 17.0 Å². The van der Waals surface area contributed by atoms with E-state index in [1.807, 2.05) is 32.3 Å². The molecule has 1 atom stereocenters. The van der Waals surface area contributed by atoms with Crippen molar-refractivity contribution in [3.8, 4) is 0 Å². The maximum atomic E-state index is 5.66. The SMILES string of the molecule is CN(C)C(CN)c1ccccc1.Cl. The number of rotatable bonds is 3. The summed E-state index contributed by atoms with van der Waals surface area (Å²) >= 11 is 0. The monoisotopic (exact) mass is 200 g/mol. The van der Waals surface area contributed by atoms with Crippen molar-refractivity contribution in [1.29, 1.82) is 0 Å². The summed E-state index contributed by atoms with van der Waals surface area (Å²) < 4.78 is 0. The Bertz CT molecular complexity index is 224. The number of halogens is 1. The predicted molar refractivity (Wildman–Crippen MR) is 59.2 cm³/mol. The molecular weight excluding hydrogens is 184 g/mol. The lowest BCUT2D eigenvalue weighted by molar-refractivity contribution is 0.306. The molecule has 0 spiro atoms. The third kappa shape index (κ3) is 3.35. The van der Waals surface area contributed by atoms with E-state index in [0.29, 0.717) is 12.6 Å². The minimum atomic E-state index is 0. The molecule has 0 aliphatic rings. The van der Waals surface area contributed by atoms with E-state index in [0.717, 1.165) is 0 Å². The van der Waals surface area contributed by atoms with E-state index in [4.69, 9.17) is 5.73 Å². The van der Waals surface area contributed by atoms with E-state index in [1.54, 1.807) is 0 Å². The molecular formula is C10H17ClN2. The Hall–Kier alpha value is -0.570. The second-order valence-electron chi connectivity index (χ2n) is 3.13. The van der Waals surface area contributed by atoms with Gasteiger partial charge in [0.05, 0.1) is 0 Å². The predicted octanol–water partition coefficient (Wildman–Crippen LogP) is 1.67. The van der Waals surface area contributed by atoms with Gasteiger partial charge in [0.2, 0.25) is 0 Å². The number of likely N-dealkylation sites (N-methyl/N-ethyl adjacent to an activating group) is 1. The molecule has 0 heterocycles. The molecule has 1 aromatic carbocycles. The summed E-state index contributed by atoms with van der Waals surface area (Å²) in [5.41, 5.74) is 6.95. The standard InChI is InChI=1S/C10H16N2.ClH/c1-12(2)10(8-11)9-6-4-3-5-7-9;/h3-7,10H,8,11H2,1-2H3;1H. The van der Waals surface area contributed by atoms with Crippen molar-refractivity contribution in [3.63, 3.8) is 0 Å². The first-order valence-electron chi connectivity index (χ1n) is 4.17. The molecule has 0 radical (unpaired) electrons. The number of benzene rings is 1. The highest BCUT2D eigenvalue weighted by Gasteiger charge is 2.09. The van der Waals surface area contributed by atoms with Crippen LogP contribution in [0.4, 0.5) is 0 Å². The van der Waals surface area contributed by atoms with Crippen LogP contribution in [0.3, 0.4) is 0 Å². The molecule has 0 saturated heterocycles. The van der Waals surface area contributed by atoms with Crippen LogP contribution in [-0.2, 0) is 0 Å². The highest BCUT2D eigenvalue weighted by Crippen LogP contribution is 2.15. The van der Waals surface area contributed by atoms with Gasteiger partial charge in [-0.25, -0.2) is 0 Å². The maximum absolute atomic E-state index is 5.66. The smallest absolute Gasteiger partial charge is 0.0464 e. The van der Waals surface area contributed by atoms with Crippen molar-refractivity contribution in [2.24, 2.45) is 5.73 Å². The summed E-state index contributed by atoms with van der Waals surface area (Å²) in [7, 11) is 4.09. The Balaban J connectivity index is 0.00000144. The average Bonchev–Trinajstić information content (AvgIpc) is 2.07. The molecule has 13 heavy (non-hydrogen) atoms. The molecule has 2 N–H and O–H groups in total. The van der Waals surface area contributed by atoms with Gasteiger partial charge in [-0.15, -0.1) is 12.4 Å². The van der Waals surface area contributed by atoms with Gasteiger partial charge in [0.25, 0.3) is 0 Å². The first-order valence-corrected chi connectivity index (χ1v) is 4.17. The highest BCUT2D eigenvalue weighted by molar-refractivity contribution is 5.85. The summed E-state index contributed by atoms with van der Waals surface area (Å²) in [5, 5.41) is 0. The molecule has 1 rings (SSSR count). The molecule has 0 fully saturated rings. The Morgan fingerprint density at radius 2 is 1.77 bits per heavy atom. The zero-order valence-electron chi connectivity index (χ0n) is 8.10. The normalized spacial score (nSPS) is 12.3. The molecule has 0 saturated carbocycles. The number of hydrogen-bond acceptors (Lipinski definition) is 2. The van der Waals surface area contributed by atoms with Crippen molar-refractivity contribution in [2.45, 2.75) is 6.04 Å². The summed E-state index contributed by atoms with van der Waals surface area (Å²) in [6.45, 7) is 0.664. The van der Waals surface area contributed by atoms with Crippen LogP contribution >= 0.6 is 12.4 Å². The van der Waals surface area contributed by atoms with Gasteiger partial charge in [0.15, 0.2) is 0 Å². The third-order valence-corrected chi connectivity index (χ3v) is 2.03. The number of nitrogens with two attached hydrogens (primary N) is 1. The van der Waals surface area contributed by atoms with E-state index < -0.39 is 0 Å². The zero-order chi connectivity index (χ0) is 8.97. The van der Waals surface area contributed by atoms with Gasteiger partial charge in [0.1, 0.15) is 0 Å². The van der Waals surface area contributed by atoms with Crippen molar-refractivity contribution in [2.75, 3.05) is 20.6 Å². The molecule has 2 nitrogen and oxygen atoms in total. The van der Waals surface area contributed by atoms with Crippen LogP contribution < -0.4 is 5.73 Å². The third-order valence-electron chi connectivity index (χ3n) is 2.03. The highest BCUT2D eigenvalue weighted by atomic mass is 35.5. The Morgan fingerprint density at radius 3 is 2.15 bits per heavy atom. The van der Waals surface area contributed by atoms with Gasteiger partial charge >= 0.3 is 0 Å². The minimum absolute atomic E-state index is 0. The molecule has 3 heteroatoms. The quantitative estimate of drug-likeness (QED) is 0.805. The summed E-state index contributed by atoms with van der Waals surface area (Å²) in [6.07, 6.45) is 0. The van der Waals surface area contributed by atoms with E-state index in [1.165, 1.54) is 5.56 Å². The van der Waals surface area contributed by atoms with Crippen LogP contribution in [-0.4, -0.2) is 25.5 Å². The van der Waals surface area contributed by atoms with Crippen molar-refractivity contribution < 1.29 is 0 Å². The molecule has 0 bridgehead atoms. The van der Waals surface area contributed by atoms with E-state index in [9.17, 15) is 0 Å². The molecule has 1 aromatic rings. The van der Waals surface area contributed by atoms with Crippen LogP contribution in [0.15, 0.2) is 30.3 Å². The average molecular weight is 201 g/mol. The summed E-state index contributed by atoms with van der Waals surface area (Å²) in [6, 6.07) is 10.7. The molecule has 74 valence electrons. The van der Waals surface area contributed by atoms with Gasteiger partial charge in [-0.1, -0.05) is 30.3 Å². The first kappa shape index (κ1) is 12.4. The summed E-state index contributed by atoms with van der Waals surface area (Å²) in [4.78, 5) is 2.13.